The maximum absolute atomic E-state index is 12.8. The van der Waals surface area contributed by atoms with E-state index >= 15 is 0 Å². The van der Waals surface area contributed by atoms with Crippen molar-refractivity contribution in [2.24, 2.45) is 7.05 Å². The number of nitrogens with zero attached hydrogens (tertiary/aromatic N) is 2. The largest absolute Gasteiger partial charge is 0.497 e. The van der Waals surface area contributed by atoms with Crippen molar-refractivity contribution in [3.05, 3.63) is 63.1 Å². The molecule has 1 aliphatic rings. The molecule has 0 saturated heterocycles. The highest BCUT2D eigenvalue weighted by Crippen LogP contribution is 2.22. The van der Waals surface area contributed by atoms with Gasteiger partial charge in [0.25, 0.3) is 11.5 Å². The standard InChI is InChI=1S/C23H29N3O5/c1-25-14-17-15-26(20(27)8-7-16-5-4-6-18(13-16)31-3)11-9-19(17)21(23(25)29)22(28)24-10-12-30-2/h4-6,13-14H,7-12,15H2,1-3H3,(H,24,28). The van der Waals surface area contributed by atoms with E-state index in [0.717, 1.165) is 22.4 Å². The molecule has 2 aromatic rings. The van der Waals surface area contributed by atoms with Crippen LogP contribution in [-0.4, -0.2) is 55.2 Å². The summed E-state index contributed by atoms with van der Waals surface area (Å²) in [4.78, 5) is 39.8. The van der Waals surface area contributed by atoms with Gasteiger partial charge in [0.15, 0.2) is 0 Å². The maximum Gasteiger partial charge on any atom is 0.263 e. The fraction of sp³-hybridized carbons (Fsp3) is 0.435. The van der Waals surface area contributed by atoms with Gasteiger partial charge in [-0.15, -0.1) is 0 Å². The van der Waals surface area contributed by atoms with Crippen molar-refractivity contribution in [1.82, 2.24) is 14.8 Å². The lowest BCUT2D eigenvalue weighted by atomic mass is 9.95. The number of aromatic nitrogens is 1. The minimum absolute atomic E-state index is 0.0495. The zero-order valence-electron chi connectivity index (χ0n) is 18.3. The molecule has 31 heavy (non-hydrogen) atoms. The predicted molar refractivity (Wildman–Crippen MR) is 116 cm³/mol. The molecule has 0 radical (unpaired) electrons. The van der Waals surface area contributed by atoms with E-state index in [9.17, 15) is 14.4 Å². The van der Waals surface area contributed by atoms with Gasteiger partial charge in [0.1, 0.15) is 11.3 Å². The number of fused-ring (bicyclic) bond motifs is 1. The lowest BCUT2D eigenvalue weighted by Gasteiger charge is -2.30. The molecular formula is C23H29N3O5. The number of aryl methyl sites for hydroxylation is 2. The van der Waals surface area contributed by atoms with Crippen LogP contribution < -0.4 is 15.6 Å². The van der Waals surface area contributed by atoms with Crippen molar-refractivity contribution in [2.45, 2.75) is 25.8 Å². The average molecular weight is 428 g/mol. The van der Waals surface area contributed by atoms with E-state index in [1.165, 1.54) is 4.57 Å². The van der Waals surface area contributed by atoms with Crippen LogP contribution in [0.1, 0.15) is 33.5 Å². The molecule has 2 heterocycles. The summed E-state index contributed by atoms with van der Waals surface area (Å²) in [6, 6.07) is 7.70. The van der Waals surface area contributed by atoms with Crippen LogP contribution in [0.2, 0.25) is 0 Å². The second kappa shape index (κ2) is 10.3. The number of carbonyl (C=O) groups excluding carboxylic acids is 2. The highest BCUT2D eigenvalue weighted by Gasteiger charge is 2.27. The smallest absolute Gasteiger partial charge is 0.263 e. The Bertz CT molecular complexity index is 1010. The molecule has 0 saturated carbocycles. The van der Waals surface area contributed by atoms with Gasteiger partial charge >= 0.3 is 0 Å². The first-order valence-corrected chi connectivity index (χ1v) is 10.3. The molecule has 1 aromatic heterocycles. The van der Waals surface area contributed by atoms with Crippen LogP contribution in [0, 0.1) is 0 Å². The van der Waals surface area contributed by atoms with Crippen LogP contribution in [0.4, 0.5) is 0 Å². The molecule has 1 aliphatic heterocycles. The second-order valence-electron chi connectivity index (χ2n) is 7.59. The van der Waals surface area contributed by atoms with Crippen LogP contribution in [0.15, 0.2) is 35.3 Å². The van der Waals surface area contributed by atoms with Gasteiger partial charge in [-0.1, -0.05) is 12.1 Å². The fourth-order valence-corrected chi connectivity index (χ4v) is 3.83. The highest BCUT2D eigenvalue weighted by atomic mass is 16.5. The zero-order valence-corrected chi connectivity index (χ0v) is 18.3. The first kappa shape index (κ1) is 22.6. The third kappa shape index (κ3) is 5.32. The van der Waals surface area contributed by atoms with Crippen LogP contribution in [0.25, 0.3) is 0 Å². The van der Waals surface area contributed by atoms with Gasteiger partial charge in [0.05, 0.1) is 13.7 Å². The number of benzene rings is 1. The van der Waals surface area contributed by atoms with Crippen molar-refractivity contribution in [3.8, 4) is 5.75 Å². The van der Waals surface area contributed by atoms with Gasteiger partial charge in [0, 0.05) is 46.4 Å². The van der Waals surface area contributed by atoms with Gasteiger partial charge in [-0.05, 0) is 41.7 Å². The Morgan fingerprint density at radius 2 is 2.03 bits per heavy atom. The van der Waals surface area contributed by atoms with Crippen LogP contribution in [0.3, 0.4) is 0 Å². The van der Waals surface area contributed by atoms with Crippen LogP contribution >= 0.6 is 0 Å². The third-order valence-corrected chi connectivity index (χ3v) is 5.50. The van der Waals surface area contributed by atoms with Crippen molar-refractivity contribution >= 4 is 11.8 Å². The van der Waals surface area contributed by atoms with E-state index < -0.39 is 5.91 Å². The Morgan fingerprint density at radius 3 is 2.77 bits per heavy atom. The summed E-state index contributed by atoms with van der Waals surface area (Å²) >= 11 is 0. The van der Waals surface area contributed by atoms with Gasteiger partial charge in [-0.2, -0.15) is 0 Å². The zero-order chi connectivity index (χ0) is 22.4. The third-order valence-electron chi connectivity index (χ3n) is 5.50. The van der Waals surface area contributed by atoms with E-state index in [0.29, 0.717) is 45.5 Å². The molecule has 1 N–H and O–H groups in total. The Labute approximate surface area is 181 Å². The molecule has 0 unspecified atom stereocenters. The SMILES string of the molecule is COCCNC(=O)c1c2c(cn(C)c1=O)CN(C(=O)CCc1cccc(OC)c1)CC2. The molecule has 1 aromatic carbocycles. The Morgan fingerprint density at radius 1 is 1.23 bits per heavy atom. The van der Waals surface area contributed by atoms with Crippen molar-refractivity contribution in [3.63, 3.8) is 0 Å². The predicted octanol–water partition coefficient (Wildman–Crippen LogP) is 1.29. The maximum atomic E-state index is 12.8. The summed E-state index contributed by atoms with van der Waals surface area (Å²) < 4.78 is 11.6. The topological polar surface area (TPSA) is 89.9 Å². The average Bonchev–Trinajstić information content (AvgIpc) is 2.78. The Hall–Kier alpha value is -3.13. The number of ether oxygens (including phenoxy) is 2. The van der Waals surface area contributed by atoms with E-state index in [1.54, 1.807) is 32.4 Å². The second-order valence-corrected chi connectivity index (χ2v) is 7.59. The summed E-state index contributed by atoms with van der Waals surface area (Å²) in [5.74, 6) is 0.426. The molecular weight excluding hydrogens is 398 g/mol. The number of hydrogen-bond donors (Lipinski definition) is 1. The van der Waals surface area contributed by atoms with Crippen molar-refractivity contribution in [2.75, 3.05) is 33.9 Å². The summed E-state index contributed by atoms with van der Waals surface area (Å²) in [5, 5.41) is 2.73. The Balaban J connectivity index is 1.71. The van der Waals surface area contributed by atoms with Gasteiger partial charge in [-0.25, -0.2) is 0 Å². The van der Waals surface area contributed by atoms with E-state index in [-0.39, 0.29) is 17.0 Å². The summed E-state index contributed by atoms with van der Waals surface area (Å²) in [6.45, 7) is 1.57. The first-order chi connectivity index (χ1) is 14.9. The number of pyridine rings is 1. The lowest BCUT2D eigenvalue weighted by molar-refractivity contribution is -0.132. The van der Waals surface area contributed by atoms with Gasteiger partial charge in [0.2, 0.25) is 5.91 Å². The quantitative estimate of drug-likeness (QED) is 0.641. The fourth-order valence-electron chi connectivity index (χ4n) is 3.83. The molecule has 8 nitrogen and oxygen atoms in total. The highest BCUT2D eigenvalue weighted by molar-refractivity contribution is 5.95. The number of nitrogens with one attached hydrogen (secondary N) is 1. The minimum atomic E-state index is -0.396. The molecule has 3 rings (SSSR count). The number of methoxy groups -OCH3 is 2. The molecule has 0 bridgehead atoms. The Kier molecular flexibility index (Phi) is 7.46. The van der Waals surface area contributed by atoms with Crippen LogP contribution in [0.5, 0.6) is 5.75 Å². The number of amides is 2. The summed E-state index contributed by atoms with van der Waals surface area (Å²) in [6.07, 6.45) is 3.22. The molecule has 0 fully saturated rings. The van der Waals surface area contributed by atoms with Gasteiger partial charge < -0.3 is 24.3 Å². The summed E-state index contributed by atoms with van der Waals surface area (Å²) in [7, 11) is 4.79. The van der Waals surface area contributed by atoms with E-state index in [2.05, 4.69) is 5.32 Å². The number of carbonyl (C=O) groups is 2. The van der Waals surface area contributed by atoms with Crippen molar-refractivity contribution < 1.29 is 19.1 Å². The van der Waals surface area contributed by atoms with Crippen molar-refractivity contribution in [1.29, 1.82) is 0 Å². The molecule has 0 aliphatic carbocycles. The molecule has 8 heteroatoms. The van der Waals surface area contributed by atoms with E-state index in [1.807, 2.05) is 24.3 Å². The first-order valence-electron chi connectivity index (χ1n) is 10.3. The summed E-state index contributed by atoms with van der Waals surface area (Å²) in [5.41, 5.74) is 2.45. The minimum Gasteiger partial charge on any atom is -0.497 e. The monoisotopic (exact) mass is 427 g/mol. The van der Waals surface area contributed by atoms with E-state index in [4.69, 9.17) is 9.47 Å². The molecule has 0 atom stereocenters. The normalized spacial score (nSPS) is 12.9. The molecule has 2 amide bonds. The van der Waals surface area contributed by atoms with Gasteiger partial charge in [-0.3, -0.25) is 14.4 Å². The van der Waals surface area contributed by atoms with Crippen LogP contribution in [-0.2, 0) is 36.0 Å². The molecule has 166 valence electrons. The molecule has 0 spiro atoms. The lowest BCUT2D eigenvalue weighted by Crippen LogP contribution is -2.41. The number of rotatable bonds is 8. The number of hydrogen-bond acceptors (Lipinski definition) is 5.